The fraction of sp³-hybridized carbons (Fsp3) is 0.588. The standard InChI is InChI=1S/C17H25F4N3O/c1-4-22-16(23-10-6-5-9-17(19,20)21)24(2)12-13-7-8-15(25-3)14(18)11-13/h7-8,11H,4-6,9-10,12H2,1-3H3,(H,22,23). The van der Waals surface area contributed by atoms with Gasteiger partial charge in [-0.2, -0.15) is 13.2 Å². The highest BCUT2D eigenvalue weighted by atomic mass is 19.4. The Balaban J connectivity index is 2.61. The van der Waals surface area contributed by atoms with Gasteiger partial charge >= 0.3 is 6.18 Å². The van der Waals surface area contributed by atoms with Crippen molar-refractivity contribution in [2.45, 2.75) is 38.9 Å². The first kappa shape index (κ1) is 21.1. The van der Waals surface area contributed by atoms with Crippen molar-refractivity contribution in [1.29, 1.82) is 0 Å². The molecule has 1 aromatic carbocycles. The number of methoxy groups -OCH3 is 1. The highest BCUT2D eigenvalue weighted by Gasteiger charge is 2.25. The first-order chi connectivity index (χ1) is 11.8. The Morgan fingerprint density at radius 3 is 2.56 bits per heavy atom. The highest BCUT2D eigenvalue weighted by molar-refractivity contribution is 5.79. The van der Waals surface area contributed by atoms with Crippen molar-refractivity contribution in [3.8, 4) is 5.75 Å². The predicted octanol–water partition coefficient (Wildman–Crippen LogP) is 3.96. The van der Waals surface area contributed by atoms with E-state index in [9.17, 15) is 17.6 Å². The van der Waals surface area contributed by atoms with E-state index in [1.165, 1.54) is 13.2 Å². The molecule has 0 bridgehead atoms. The van der Waals surface area contributed by atoms with Gasteiger partial charge in [-0.05, 0) is 37.5 Å². The quantitative estimate of drug-likeness (QED) is 0.329. The molecule has 8 heteroatoms. The molecule has 142 valence electrons. The molecule has 1 N–H and O–H groups in total. The second-order valence-electron chi connectivity index (χ2n) is 5.63. The molecule has 0 atom stereocenters. The molecule has 0 amide bonds. The SMILES string of the molecule is CCNC(=NCCCCC(F)(F)F)N(C)Cc1ccc(OC)c(F)c1. The lowest BCUT2D eigenvalue weighted by Crippen LogP contribution is -2.38. The van der Waals surface area contributed by atoms with Gasteiger partial charge in [-0.3, -0.25) is 4.99 Å². The molecule has 0 spiro atoms. The highest BCUT2D eigenvalue weighted by Crippen LogP contribution is 2.22. The van der Waals surface area contributed by atoms with Crippen LogP contribution in [-0.4, -0.2) is 44.3 Å². The van der Waals surface area contributed by atoms with Gasteiger partial charge in [0.25, 0.3) is 0 Å². The minimum Gasteiger partial charge on any atom is -0.494 e. The molecule has 0 fully saturated rings. The van der Waals surface area contributed by atoms with Gasteiger partial charge in [-0.1, -0.05) is 6.07 Å². The fourth-order valence-corrected chi connectivity index (χ4v) is 2.25. The maximum Gasteiger partial charge on any atom is 0.389 e. The Kier molecular flexibility index (Phi) is 8.51. The number of unbranched alkanes of at least 4 members (excludes halogenated alkanes) is 1. The van der Waals surface area contributed by atoms with Crippen molar-refractivity contribution in [3.05, 3.63) is 29.6 Å². The first-order valence-corrected chi connectivity index (χ1v) is 8.15. The summed E-state index contributed by atoms with van der Waals surface area (Å²) in [4.78, 5) is 6.13. The van der Waals surface area contributed by atoms with E-state index in [0.717, 1.165) is 5.56 Å². The van der Waals surface area contributed by atoms with Crippen molar-refractivity contribution in [2.75, 3.05) is 27.2 Å². The topological polar surface area (TPSA) is 36.9 Å². The number of guanidine groups is 1. The Morgan fingerprint density at radius 2 is 2.00 bits per heavy atom. The van der Waals surface area contributed by atoms with Crippen LogP contribution in [-0.2, 0) is 6.54 Å². The molecule has 0 heterocycles. The van der Waals surface area contributed by atoms with Crippen LogP contribution in [0.25, 0.3) is 0 Å². The number of alkyl halides is 3. The molecule has 4 nitrogen and oxygen atoms in total. The van der Waals surface area contributed by atoms with Crippen molar-refractivity contribution in [2.24, 2.45) is 4.99 Å². The van der Waals surface area contributed by atoms with Crippen molar-refractivity contribution >= 4 is 5.96 Å². The van der Waals surface area contributed by atoms with E-state index < -0.39 is 18.4 Å². The van der Waals surface area contributed by atoms with E-state index in [4.69, 9.17) is 4.74 Å². The zero-order chi connectivity index (χ0) is 18.9. The van der Waals surface area contributed by atoms with Crippen LogP contribution in [0.1, 0.15) is 31.7 Å². The van der Waals surface area contributed by atoms with Gasteiger partial charge < -0.3 is 15.0 Å². The normalized spacial score (nSPS) is 12.2. The van der Waals surface area contributed by atoms with Gasteiger partial charge in [-0.25, -0.2) is 4.39 Å². The van der Waals surface area contributed by atoms with Crippen molar-refractivity contribution in [1.82, 2.24) is 10.2 Å². The third kappa shape index (κ3) is 8.09. The summed E-state index contributed by atoms with van der Waals surface area (Å²) in [5.41, 5.74) is 0.739. The summed E-state index contributed by atoms with van der Waals surface area (Å²) in [6, 6.07) is 4.70. The van der Waals surface area contributed by atoms with Gasteiger partial charge in [0.05, 0.1) is 7.11 Å². The Hall–Kier alpha value is -1.99. The fourth-order valence-electron chi connectivity index (χ4n) is 2.25. The van der Waals surface area contributed by atoms with Crippen LogP contribution in [0.5, 0.6) is 5.75 Å². The summed E-state index contributed by atoms with van der Waals surface area (Å²) in [6.45, 7) is 3.25. The molecule has 0 radical (unpaired) electrons. The summed E-state index contributed by atoms with van der Waals surface area (Å²) in [5.74, 6) is 0.310. The molecule has 1 rings (SSSR count). The van der Waals surface area contributed by atoms with Crippen molar-refractivity contribution < 1.29 is 22.3 Å². The van der Waals surface area contributed by atoms with Gasteiger partial charge in [0.2, 0.25) is 0 Å². The smallest absolute Gasteiger partial charge is 0.389 e. The second-order valence-corrected chi connectivity index (χ2v) is 5.63. The van der Waals surface area contributed by atoms with Crippen LogP contribution in [0.2, 0.25) is 0 Å². The molecule has 0 aromatic heterocycles. The monoisotopic (exact) mass is 363 g/mol. The second kappa shape index (κ2) is 10.1. The number of hydrogen-bond acceptors (Lipinski definition) is 2. The number of aliphatic imine (C=N–C) groups is 1. The molecule has 0 saturated heterocycles. The zero-order valence-electron chi connectivity index (χ0n) is 14.8. The van der Waals surface area contributed by atoms with Crippen LogP contribution >= 0.6 is 0 Å². The van der Waals surface area contributed by atoms with E-state index in [1.54, 1.807) is 24.1 Å². The number of benzene rings is 1. The number of hydrogen-bond donors (Lipinski definition) is 1. The zero-order valence-corrected chi connectivity index (χ0v) is 14.8. The molecule has 0 aliphatic rings. The van der Waals surface area contributed by atoms with Gasteiger partial charge in [-0.15, -0.1) is 0 Å². The summed E-state index contributed by atoms with van der Waals surface area (Å²) in [5, 5.41) is 3.08. The number of nitrogens with zero attached hydrogens (tertiary/aromatic N) is 2. The van der Waals surface area contributed by atoms with Crippen LogP contribution in [0, 0.1) is 5.82 Å². The van der Waals surface area contributed by atoms with E-state index in [1.807, 2.05) is 6.92 Å². The number of ether oxygens (including phenoxy) is 1. The number of nitrogens with one attached hydrogen (secondary N) is 1. The number of rotatable bonds is 8. The molecule has 0 saturated carbocycles. The minimum atomic E-state index is -4.12. The minimum absolute atomic E-state index is 0.0554. The third-order valence-corrected chi connectivity index (χ3v) is 3.46. The van der Waals surface area contributed by atoms with E-state index in [2.05, 4.69) is 10.3 Å². The first-order valence-electron chi connectivity index (χ1n) is 8.15. The molecule has 25 heavy (non-hydrogen) atoms. The van der Waals surface area contributed by atoms with Crippen molar-refractivity contribution in [3.63, 3.8) is 0 Å². The molecule has 1 aromatic rings. The largest absolute Gasteiger partial charge is 0.494 e. The molecule has 0 aliphatic carbocycles. The van der Waals surface area contributed by atoms with Crippen LogP contribution < -0.4 is 10.1 Å². The lowest BCUT2D eigenvalue weighted by molar-refractivity contribution is -0.135. The predicted molar refractivity (Wildman–Crippen MR) is 90.3 cm³/mol. The maximum absolute atomic E-state index is 13.8. The maximum atomic E-state index is 13.8. The average Bonchev–Trinajstić information content (AvgIpc) is 2.52. The van der Waals surface area contributed by atoms with Gasteiger partial charge in [0.15, 0.2) is 17.5 Å². The average molecular weight is 363 g/mol. The summed E-state index contributed by atoms with van der Waals surface area (Å²) >= 11 is 0. The lowest BCUT2D eigenvalue weighted by Gasteiger charge is -2.22. The molecule has 0 unspecified atom stereocenters. The molecule has 0 aliphatic heterocycles. The van der Waals surface area contributed by atoms with Crippen LogP contribution in [0.15, 0.2) is 23.2 Å². The van der Waals surface area contributed by atoms with Crippen LogP contribution in [0.4, 0.5) is 17.6 Å². The molecular formula is C17H25F4N3O. The summed E-state index contributed by atoms with van der Waals surface area (Å²) in [7, 11) is 3.19. The van der Waals surface area contributed by atoms with E-state index >= 15 is 0 Å². The van der Waals surface area contributed by atoms with E-state index in [0.29, 0.717) is 32.0 Å². The molecular weight excluding hydrogens is 338 g/mol. The summed E-state index contributed by atoms with van der Waals surface area (Å²) < 4.78 is 55.0. The van der Waals surface area contributed by atoms with E-state index in [-0.39, 0.29) is 12.2 Å². The Bertz CT molecular complexity index is 561. The Labute approximate surface area is 145 Å². The van der Waals surface area contributed by atoms with Crippen LogP contribution in [0.3, 0.4) is 0 Å². The Morgan fingerprint density at radius 1 is 1.28 bits per heavy atom. The number of halogens is 4. The summed E-state index contributed by atoms with van der Waals surface area (Å²) in [6.07, 6.45) is -4.50. The lowest BCUT2D eigenvalue weighted by atomic mass is 10.2. The van der Waals surface area contributed by atoms with Gasteiger partial charge in [0.1, 0.15) is 0 Å². The van der Waals surface area contributed by atoms with Gasteiger partial charge in [0, 0.05) is 33.1 Å². The third-order valence-electron chi connectivity index (χ3n) is 3.46.